The summed E-state index contributed by atoms with van der Waals surface area (Å²) in [4.78, 5) is 0. The summed E-state index contributed by atoms with van der Waals surface area (Å²) in [5, 5.41) is 9.19. The van der Waals surface area contributed by atoms with Gasteiger partial charge in [0.2, 0.25) is 0 Å². The maximum Gasteiger partial charge on any atom is 0.119 e. The number of hydrogen-bond donors (Lipinski definition) is 1. The van der Waals surface area contributed by atoms with Crippen LogP contribution in [0.4, 0.5) is 0 Å². The van der Waals surface area contributed by atoms with E-state index in [1.165, 1.54) is 0 Å². The average molecular weight is 453 g/mol. The maximum absolute atomic E-state index is 9.19. The molecule has 0 amide bonds. The van der Waals surface area contributed by atoms with E-state index in [1.54, 1.807) is 12.1 Å². The third-order valence-electron chi connectivity index (χ3n) is 1.94. The van der Waals surface area contributed by atoms with E-state index in [4.69, 9.17) is 0 Å². The van der Waals surface area contributed by atoms with Gasteiger partial charge in [-0.3, -0.25) is 6.08 Å². The van der Waals surface area contributed by atoms with Gasteiger partial charge in [-0.25, -0.2) is 12.2 Å². The average Bonchev–Trinajstić information content (AvgIpc) is 2.80. The first-order valence-corrected chi connectivity index (χ1v) is 4.94. The second kappa shape index (κ2) is 24.1. The van der Waals surface area contributed by atoms with Gasteiger partial charge in [0.1, 0.15) is 5.75 Å². The Morgan fingerprint density at radius 3 is 2.00 bits per heavy atom. The van der Waals surface area contributed by atoms with Crippen molar-refractivity contribution in [1.82, 2.24) is 0 Å². The molecule has 0 spiro atoms. The molecule has 0 heterocycles. The van der Waals surface area contributed by atoms with Gasteiger partial charge in [0.25, 0.3) is 0 Å². The molecule has 1 aromatic rings. The molecule has 0 aliphatic heterocycles. The molecule has 21 heavy (non-hydrogen) atoms. The van der Waals surface area contributed by atoms with E-state index in [-0.39, 0.29) is 63.0 Å². The number of aromatic hydroxyl groups is 1. The van der Waals surface area contributed by atoms with Crippen LogP contribution in [0.5, 0.6) is 5.75 Å². The summed E-state index contributed by atoms with van der Waals surface area (Å²) < 4.78 is 0. The molecule has 0 atom stereocenters. The molecular formula is C19H30HfO-6. The SMILES string of the molecule is C=CCc1ccccc1O.[C-]1=CC=CC1.[CH3-].[CH3-].[CH3-].[CH3-].[CH3-].[Hf]. The number of rotatable bonds is 2. The molecule has 0 radical (unpaired) electrons. The van der Waals surface area contributed by atoms with Crippen molar-refractivity contribution in [2.45, 2.75) is 12.8 Å². The summed E-state index contributed by atoms with van der Waals surface area (Å²) in [5.74, 6) is 0.349. The van der Waals surface area contributed by atoms with Gasteiger partial charge in [-0.1, -0.05) is 24.3 Å². The van der Waals surface area contributed by atoms with Gasteiger partial charge < -0.3 is 42.2 Å². The van der Waals surface area contributed by atoms with Crippen LogP contribution in [0.25, 0.3) is 0 Å². The minimum absolute atomic E-state index is 0. The summed E-state index contributed by atoms with van der Waals surface area (Å²) in [5.41, 5.74) is 0.928. The molecule has 2 rings (SSSR count). The summed E-state index contributed by atoms with van der Waals surface area (Å²) in [7, 11) is 0. The van der Waals surface area contributed by atoms with E-state index in [0.717, 1.165) is 18.4 Å². The minimum atomic E-state index is 0. The fourth-order valence-corrected chi connectivity index (χ4v) is 1.18. The molecule has 1 aliphatic carbocycles. The van der Waals surface area contributed by atoms with Crippen molar-refractivity contribution >= 4 is 0 Å². The second-order valence-corrected chi connectivity index (χ2v) is 3.12. The van der Waals surface area contributed by atoms with Gasteiger partial charge in [0, 0.05) is 25.8 Å². The quantitative estimate of drug-likeness (QED) is 0.348. The molecule has 0 bridgehead atoms. The van der Waals surface area contributed by atoms with Crippen LogP contribution in [-0.2, 0) is 32.3 Å². The first kappa shape index (κ1) is 36.9. The fraction of sp³-hybridized carbons (Fsp3) is 0.105. The fourth-order valence-electron chi connectivity index (χ4n) is 1.18. The predicted octanol–water partition coefficient (Wildman–Crippen LogP) is 5.68. The Labute approximate surface area is 153 Å². The first-order valence-electron chi connectivity index (χ1n) is 4.94. The standard InChI is InChI=1S/C9H10O.C5H5.5CH3.Hf/c1-2-5-8-6-3-4-7-9(8)10;1-2-4-5-3-1;;;;;;/h2-4,6-7,10H,1,5H2;1-3H,4H2;5*1H3;/q;6*-1;. The van der Waals surface area contributed by atoms with Crippen molar-refractivity contribution < 1.29 is 30.9 Å². The molecule has 2 heteroatoms. The number of benzene rings is 1. The maximum atomic E-state index is 9.19. The smallest absolute Gasteiger partial charge is 0.119 e. The Bertz CT molecular complexity index is 358. The largest absolute Gasteiger partial charge is 0.508 e. The second-order valence-electron chi connectivity index (χ2n) is 3.12. The van der Waals surface area contributed by atoms with Crippen LogP contribution < -0.4 is 0 Å². The van der Waals surface area contributed by atoms with Crippen LogP contribution in [0.3, 0.4) is 0 Å². The number of hydrogen-bond acceptors (Lipinski definition) is 1. The van der Waals surface area contributed by atoms with Crippen LogP contribution in [0.15, 0.2) is 55.1 Å². The third-order valence-corrected chi connectivity index (χ3v) is 1.94. The third kappa shape index (κ3) is 17.1. The zero-order valence-corrected chi connectivity index (χ0v) is 17.8. The predicted molar refractivity (Wildman–Crippen MR) is 95.6 cm³/mol. The molecule has 1 aliphatic rings. The van der Waals surface area contributed by atoms with Gasteiger partial charge in [-0.05, 0) is 18.1 Å². The van der Waals surface area contributed by atoms with Gasteiger partial charge in [0.15, 0.2) is 0 Å². The van der Waals surface area contributed by atoms with E-state index < -0.39 is 0 Å². The Morgan fingerprint density at radius 1 is 1.10 bits per heavy atom. The molecular weight excluding hydrogens is 423 g/mol. The first-order chi connectivity index (χ1) is 7.34. The van der Waals surface area contributed by atoms with Gasteiger partial charge >= 0.3 is 0 Å². The Balaban J connectivity index is -0.0000000458. The summed E-state index contributed by atoms with van der Waals surface area (Å²) in [6, 6.07) is 7.27. The van der Waals surface area contributed by atoms with Crippen LogP contribution in [-0.4, -0.2) is 5.11 Å². The number of phenols is 1. The van der Waals surface area contributed by atoms with Crippen molar-refractivity contribution in [2.75, 3.05) is 0 Å². The van der Waals surface area contributed by atoms with Crippen LogP contribution >= 0.6 is 0 Å². The molecule has 122 valence electrons. The summed E-state index contributed by atoms with van der Waals surface area (Å²) >= 11 is 0. The molecule has 0 saturated heterocycles. The Morgan fingerprint density at radius 2 is 1.67 bits per heavy atom. The van der Waals surface area contributed by atoms with E-state index in [1.807, 2.05) is 30.4 Å². The minimum Gasteiger partial charge on any atom is -0.508 e. The number of para-hydroxylation sites is 1. The number of allylic oxidation sites excluding steroid dienone is 5. The van der Waals surface area contributed by atoms with Crippen LogP contribution in [0.2, 0.25) is 0 Å². The molecule has 0 unspecified atom stereocenters. The van der Waals surface area contributed by atoms with E-state index in [9.17, 15) is 5.11 Å². The number of phenolic OH excluding ortho intramolecular Hbond substituents is 1. The van der Waals surface area contributed by atoms with Crippen molar-refractivity contribution in [3.05, 3.63) is 104 Å². The molecule has 0 fully saturated rings. The Kier molecular flexibility index (Phi) is 42.4. The van der Waals surface area contributed by atoms with Gasteiger partial charge in [-0.15, -0.1) is 13.0 Å². The van der Waals surface area contributed by atoms with Gasteiger partial charge in [0.05, 0.1) is 0 Å². The van der Waals surface area contributed by atoms with Crippen molar-refractivity contribution in [2.24, 2.45) is 0 Å². The molecule has 1 aromatic carbocycles. The molecule has 1 nitrogen and oxygen atoms in total. The summed E-state index contributed by atoms with van der Waals surface area (Å²) in [6.07, 6.45) is 12.5. The van der Waals surface area contributed by atoms with Crippen molar-refractivity contribution in [3.63, 3.8) is 0 Å². The molecule has 0 aromatic heterocycles. The molecule has 0 saturated carbocycles. The van der Waals surface area contributed by atoms with Crippen molar-refractivity contribution in [1.29, 1.82) is 0 Å². The van der Waals surface area contributed by atoms with Crippen molar-refractivity contribution in [3.8, 4) is 5.75 Å². The van der Waals surface area contributed by atoms with E-state index >= 15 is 0 Å². The monoisotopic (exact) mass is 454 g/mol. The van der Waals surface area contributed by atoms with Gasteiger partial charge in [-0.2, -0.15) is 6.08 Å². The topological polar surface area (TPSA) is 20.2 Å². The zero-order chi connectivity index (χ0) is 10.9. The molecule has 1 N–H and O–H groups in total. The Hall–Kier alpha value is -0.890. The summed E-state index contributed by atoms with van der Waals surface area (Å²) in [6.45, 7) is 3.59. The van der Waals surface area contributed by atoms with Crippen LogP contribution in [0.1, 0.15) is 12.0 Å². The normalized spacial score (nSPS) is 8.57. The van der Waals surface area contributed by atoms with E-state index in [2.05, 4.69) is 18.7 Å². The zero-order valence-electron chi connectivity index (χ0n) is 14.2. The van der Waals surface area contributed by atoms with E-state index in [0.29, 0.717) is 5.75 Å². The van der Waals surface area contributed by atoms with Crippen LogP contribution in [0, 0.1) is 43.2 Å².